The summed E-state index contributed by atoms with van der Waals surface area (Å²) in [5.41, 5.74) is 2.48. The Kier molecular flexibility index (Phi) is 11.8. The smallest absolute Gasteiger partial charge is 0.0468 e. The third-order valence-electron chi connectivity index (χ3n) is 7.05. The van der Waals surface area contributed by atoms with E-state index < -0.39 is 0 Å². The Morgan fingerprint density at radius 1 is 0.405 bits per heavy atom. The maximum Gasteiger partial charge on any atom is 0.0468 e. The molecule has 0 fully saturated rings. The van der Waals surface area contributed by atoms with Crippen molar-refractivity contribution in [3.8, 4) is 0 Å². The lowest BCUT2D eigenvalue weighted by atomic mass is 10.3. The van der Waals surface area contributed by atoms with Crippen molar-refractivity contribution in [1.82, 2.24) is 0 Å². The van der Waals surface area contributed by atoms with E-state index in [0.29, 0.717) is 0 Å². The topological polar surface area (TPSA) is 6.48 Å². The van der Waals surface area contributed by atoms with Crippen molar-refractivity contribution in [1.29, 1.82) is 0 Å². The van der Waals surface area contributed by atoms with Crippen LogP contribution in [0.3, 0.4) is 0 Å². The van der Waals surface area contributed by atoms with Gasteiger partial charge in [-0.25, -0.2) is 0 Å². The number of hydrogen-bond donors (Lipinski definition) is 0. The van der Waals surface area contributed by atoms with E-state index in [0.717, 1.165) is 23.8 Å². The van der Waals surface area contributed by atoms with Crippen LogP contribution in [0.25, 0.3) is 0 Å². The fourth-order valence-electron chi connectivity index (χ4n) is 4.81. The van der Waals surface area contributed by atoms with Gasteiger partial charge < -0.3 is 8.61 Å². The highest BCUT2D eigenvalue weighted by molar-refractivity contribution is 8.01. The van der Waals surface area contributed by atoms with Crippen molar-refractivity contribution in [2.24, 2.45) is 0 Å². The lowest BCUT2D eigenvalue weighted by Gasteiger charge is -2.24. The van der Waals surface area contributed by atoms with Crippen LogP contribution in [0, 0.1) is 0 Å². The van der Waals surface area contributed by atoms with Crippen molar-refractivity contribution >= 4 is 72.3 Å². The lowest BCUT2D eigenvalue weighted by Crippen LogP contribution is -2.17. The highest BCUT2D eigenvalue weighted by atomic mass is 32.2. The molecule has 0 N–H and O–H groups in total. The summed E-state index contributed by atoms with van der Waals surface area (Å²) in [5, 5.41) is 5.80. The minimum absolute atomic E-state index is 0.361. The zero-order valence-corrected chi connectivity index (χ0v) is 27.7. The third kappa shape index (κ3) is 8.65. The first-order valence-corrected chi connectivity index (χ1v) is 19.2. The van der Waals surface area contributed by atoms with Gasteiger partial charge in [-0.1, -0.05) is 121 Å². The summed E-state index contributed by atoms with van der Waals surface area (Å²) in [5.74, 6) is 2.16. The van der Waals surface area contributed by atoms with Crippen LogP contribution in [0.1, 0.15) is 0 Å². The number of benzene rings is 5. The summed E-state index contributed by atoms with van der Waals surface area (Å²) in [7, 11) is 3.64. The first-order chi connectivity index (χ1) is 20.7. The third-order valence-corrected chi connectivity index (χ3v) is 14.7. The van der Waals surface area contributed by atoms with Crippen LogP contribution < -0.4 is 29.8 Å². The van der Waals surface area contributed by atoms with Gasteiger partial charge in [0.1, 0.15) is 0 Å². The van der Waals surface area contributed by atoms with Crippen LogP contribution in [0.15, 0.2) is 146 Å². The highest BCUT2D eigenvalue weighted by Crippen LogP contribution is 2.37. The standard InChI is InChI=1S/C36H38N2P2S2/c1-37(41-29-27-39(33-15-7-3-8-16-33)34-17-9-4-10-18-34)31-23-25-32(26-24-31)38(2)42-30-28-40(35-19-11-5-12-20-35)36-21-13-6-14-22-36/h3-26H,27-30H2,1-2H3. The summed E-state index contributed by atoms with van der Waals surface area (Å²) in [6, 6.07) is 53.0. The van der Waals surface area contributed by atoms with Crippen molar-refractivity contribution in [3.63, 3.8) is 0 Å². The Labute approximate surface area is 263 Å². The van der Waals surface area contributed by atoms with Gasteiger partial charge in [0.25, 0.3) is 0 Å². The maximum atomic E-state index is 2.31. The first-order valence-electron chi connectivity index (χ1n) is 14.3. The van der Waals surface area contributed by atoms with Gasteiger partial charge in [0.15, 0.2) is 0 Å². The molecule has 6 heteroatoms. The van der Waals surface area contributed by atoms with E-state index >= 15 is 0 Å². The van der Waals surface area contributed by atoms with Gasteiger partial charge in [-0.2, -0.15) is 0 Å². The Bertz CT molecular complexity index is 1260. The molecule has 5 rings (SSSR count). The van der Waals surface area contributed by atoms with Gasteiger partial charge >= 0.3 is 0 Å². The zero-order valence-electron chi connectivity index (χ0n) is 24.3. The molecule has 0 heterocycles. The van der Waals surface area contributed by atoms with E-state index in [2.05, 4.69) is 168 Å². The average Bonchev–Trinajstić information content (AvgIpc) is 3.06. The van der Waals surface area contributed by atoms with Gasteiger partial charge in [-0.05, 0) is 97.5 Å². The second-order valence-electron chi connectivity index (χ2n) is 9.82. The van der Waals surface area contributed by atoms with Crippen LogP contribution in [-0.4, -0.2) is 37.9 Å². The van der Waals surface area contributed by atoms with Crippen molar-refractivity contribution < 1.29 is 0 Å². The molecule has 42 heavy (non-hydrogen) atoms. The number of nitrogens with zero attached hydrogens (tertiary/aromatic N) is 2. The monoisotopic (exact) mass is 624 g/mol. The van der Waals surface area contributed by atoms with Crippen LogP contribution >= 0.6 is 39.7 Å². The Morgan fingerprint density at radius 3 is 0.929 bits per heavy atom. The van der Waals surface area contributed by atoms with Gasteiger partial charge in [0.05, 0.1) is 0 Å². The van der Waals surface area contributed by atoms with Crippen LogP contribution in [-0.2, 0) is 0 Å². The predicted octanol–water partition coefficient (Wildman–Crippen LogP) is 8.12. The fraction of sp³-hybridized carbons (Fsp3) is 0.167. The molecule has 0 radical (unpaired) electrons. The maximum absolute atomic E-state index is 2.31. The van der Waals surface area contributed by atoms with Gasteiger partial charge in [0, 0.05) is 37.0 Å². The predicted molar refractivity (Wildman–Crippen MR) is 196 cm³/mol. The molecular formula is C36H38N2P2S2. The summed E-state index contributed by atoms with van der Waals surface area (Å²) in [6.45, 7) is 0. The molecule has 0 saturated carbocycles. The molecule has 0 bridgehead atoms. The number of anilines is 2. The molecule has 214 valence electrons. The second-order valence-corrected chi connectivity index (χ2v) is 16.9. The molecule has 2 nitrogen and oxygen atoms in total. The Balaban J connectivity index is 1.13. The van der Waals surface area contributed by atoms with E-state index in [1.54, 1.807) is 0 Å². The van der Waals surface area contributed by atoms with E-state index in [-0.39, 0.29) is 15.8 Å². The Morgan fingerprint density at radius 2 is 0.667 bits per heavy atom. The molecule has 0 unspecified atom stereocenters. The van der Waals surface area contributed by atoms with E-state index in [9.17, 15) is 0 Å². The quantitative estimate of drug-likeness (QED) is 0.0909. The van der Waals surface area contributed by atoms with Crippen LogP contribution in [0.5, 0.6) is 0 Å². The van der Waals surface area contributed by atoms with Gasteiger partial charge in [-0.3, -0.25) is 0 Å². The van der Waals surface area contributed by atoms with E-state index in [1.165, 1.54) is 32.6 Å². The highest BCUT2D eigenvalue weighted by Gasteiger charge is 2.15. The Hall–Kier alpha value is -2.74. The second kappa shape index (κ2) is 16.2. The van der Waals surface area contributed by atoms with Crippen LogP contribution in [0.2, 0.25) is 0 Å². The molecule has 5 aromatic rings. The molecule has 0 aliphatic rings. The molecule has 0 atom stereocenters. The minimum atomic E-state index is -0.361. The molecule has 0 aliphatic heterocycles. The SMILES string of the molecule is CN(SCCP(c1ccccc1)c1ccccc1)c1ccc(N(C)SCCP(c2ccccc2)c2ccccc2)cc1. The van der Waals surface area contributed by atoms with E-state index in [4.69, 9.17) is 0 Å². The van der Waals surface area contributed by atoms with Gasteiger partial charge in [-0.15, -0.1) is 0 Å². The molecule has 0 aliphatic carbocycles. The van der Waals surface area contributed by atoms with Crippen LogP contribution in [0.4, 0.5) is 11.4 Å². The summed E-state index contributed by atoms with van der Waals surface area (Å²) in [6.07, 6.45) is 2.31. The largest absolute Gasteiger partial charge is 0.319 e. The normalized spacial score (nSPS) is 11.1. The number of hydrogen-bond acceptors (Lipinski definition) is 4. The zero-order chi connectivity index (χ0) is 29.0. The fourth-order valence-corrected chi connectivity index (χ4v) is 11.8. The summed E-state index contributed by atoms with van der Waals surface area (Å²) in [4.78, 5) is 0. The van der Waals surface area contributed by atoms with Crippen molar-refractivity contribution in [2.75, 3.05) is 46.5 Å². The van der Waals surface area contributed by atoms with Crippen molar-refractivity contribution in [3.05, 3.63) is 146 Å². The first kappa shape index (κ1) is 30.7. The molecule has 0 aromatic heterocycles. The lowest BCUT2D eigenvalue weighted by molar-refractivity contribution is 1.31. The molecule has 0 spiro atoms. The van der Waals surface area contributed by atoms with Gasteiger partial charge in [0.2, 0.25) is 0 Å². The van der Waals surface area contributed by atoms with E-state index in [1.807, 2.05) is 23.9 Å². The molecule has 0 saturated heterocycles. The summed E-state index contributed by atoms with van der Waals surface area (Å²) >= 11 is 3.81. The minimum Gasteiger partial charge on any atom is -0.319 e. The van der Waals surface area contributed by atoms with Crippen molar-refractivity contribution in [2.45, 2.75) is 0 Å². The molecular weight excluding hydrogens is 586 g/mol. The molecule has 5 aromatic carbocycles. The average molecular weight is 625 g/mol. The number of rotatable bonds is 14. The summed E-state index contributed by atoms with van der Waals surface area (Å²) < 4.78 is 4.63. The molecule has 0 amide bonds.